The van der Waals surface area contributed by atoms with Crippen LogP contribution in [0.4, 0.5) is 10.1 Å². The van der Waals surface area contributed by atoms with Crippen LogP contribution < -0.4 is 4.90 Å². The summed E-state index contributed by atoms with van der Waals surface area (Å²) in [5.74, 6) is 0.865. The van der Waals surface area contributed by atoms with Gasteiger partial charge < -0.3 is 9.80 Å². The number of anilines is 1. The Balaban J connectivity index is 1.59. The molecule has 4 heteroatoms. The van der Waals surface area contributed by atoms with Crippen LogP contribution in [-0.2, 0) is 5.88 Å². The summed E-state index contributed by atoms with van der Waals surface area (Å²) in [6.45, 7) is 5.85. The summed E-state index contributed by atoms with van der Waals surface area (Å²) in [7, 11) is 0. The summed E-state index contributed by atoms with van der Waals surface area (Å²) < 4.78 is 13.8. The highest BCUT2D eigenvalue weighted by molar-refractivity contribution is 6.17. The van der Waals surface area contributed by atoms with Gasteiger partial charge in [0.15, 0.2) is 0 Å². The first-order valence-corrected chi connectivity index (χ1v) is 8.62. The number of benzene rings is 1. The fourth-order valence-corrected chi connectivity index (χ4v) is 3.93. The standard InChI is InChI=1S/C17H24ClFN2/c18-12-15-16(19)4-3-5-17(15)21-10-6-14(7-11-21)13-20-8-1-2-9-20/h3-5,14H,1-2,6-13H2. The molecule has 1 aromatic rings. The van der Waals surface area contributed by atoms with Gasteiger partial charge in [0, 0.05) is 30.9 Å². The highest BCUT2D eigenvalue weighted by Crippen LogP contribution is 2.29. The maximum absolute atomic E-state index is 13.8. The van der Waals surface area contributed by atoms with Gasteiger partial charge in [-0.15, -0.1) is 11.6 Å². The third-order valence-electron chi connectivity index (χ3n) is 4.90. The van der Waals surface area contributed by atoms with Crippen molar-refractivity contribution in [2.24, 2.45) is 5.92 Å². The van der Waals surface area contributed by atoms with Gasteiger partial charge in [-0.25, -0.2) is 4.39 Å². The van der Waals surface area contributed by atoms with Gasteiger partial charge >= 0.3 is 0 Å². The van der Waals surface area contributed by atoms with Gasteiger partial charge in [-0.2, -0.15) is 0 Å². The molecule has 2 nitrogen and oxygen atoms in total. The summed E-state index contributed by atoms with van der Waals surface area (Å²) in [5, 5.41) is 0. The third kappa shape index (κ3) is 3.51. The van der Waals surface area contributed by atoms with Crippen molar-refractivity contribution in [3.05, 3.63) is 29.6 Å². The van der Waals surface area contributed by atoms with E-state index in [9.17, 15) is 4.39 Å². The number of nitrogens with zero attached hydrogens (tertiary/aromatic N) is 2. The zero-order valence-corrected chi connectivity index (χ0v) is 13.3. The minimum Gasteiger partial charge on any atom is -0.371 e. The van der Waals surface area contributed by atoms with Crippen LogP contribution in [0.1, 0.15) is 31.2 Å². The Hall–Kier alpha value is -0.800. The van der Waals surface area contributed by atoms with Crippen LogP contribution in [0.5, 0.6) is 0 Å². The van der Waals surface area contributed by atoms with Crippen LogP contribution in [0.25, 0.3) is 0 Å². The van der Waals surface area contributed by atoms with E-state index in [4.69, 9.17) is 11.6 Å². The Labute approximate surface area is 131 Å². The smallest absolute Gasteiger partial charge is 0.129 e. The van der Waals surface area contributed by atoms with E-state index in [1.165, 1.54) is 51.4 Å². The minimum atomic E-state index is -0.179. The van der Waals surface area contributed by atoms with E-state index in [1.807, 2.05) is 6.07 Å². The third-order valence-corrected chi connectivity index (χ3v) is 5.17. The van der Waals surface area contributed by atoms with Crippen molar-refractivity contribution in [3.8, 4) is 0 Å². The molecule has 0 atom stereocenters. The molecule has 0 aliphatic carbocycles. The SMILES string of the molecule is Fc1cccc(N2CCC(CN3CCCC3)CC2)c1CCl. The van der Waals surface area contributed by atoms with Crippen molar-refractivity contribution < 1.29 is 4.39 Å². The fourth-order valence-electron chi connectivity index (χ4n) is 3.66. The van der Waals surface area contributed by atoms with Crippen LogP contribution in [0.3, 0.4) is 0 Å². The van der Waals surface area contributed by atoms with Gasteiger partial charge in [-0.3, -0.25) is 0 Å². The highest BCUT2D eigenvalue weighted by Gasteiger charge is 2.24. The van der Waals surface area contributed by atoms with Gasteiger partial charge in [-0.05, 0) is 56.8 Å². The molecule has 2 saturated heterocycles. The monoisotopic (exact) mass is 310 g/mol. The van der Waals surface area contributed by atoms with Crippen molar-refractivity contribution in [2.45, 2.75) is 31.6 Å². The normalized spacial score (nSPS) is 21.1. The molecule has 0 aromatic heterocycles. The number of halogens is 2. The number of rotatable bonds is 4. The quantitative estimate of drug-likeness (QED) is 0.779. The number of piperidine rings is 1. The number of likely N-dealkylation sites (tertiary alicyclic amines) is 1. The van der Waals surface area contributed by atoms with Gasteiger partial charge in [0.25, 0.3) is 0 Å². The van der Waals surface area contributed by atoms with Crippen molar-refractivity contribution >= 4 is 17.3 Å². The Morgan fingerprint density at radius 2 is 1.81 bits per heavy atom. The van der Waals surface area contributed by atoms with Gasteiger partial charge in [0.1, 0.15) is 5.82 Å². The molecule has 0 saturated carbocycles. The summed E-state index contributed by atoms with van der Waals surface area (Å²) in [5.41, 5.74) is 1.64. The van der Waals surface area contributed by atoms with Crippen LogP contribution in [0, 0.1) is 11.7 Å². The fraction of sp³-hybridized carbons (Fsp3) is 0.647. The molecule has 0 N–H and O–H groups in total. The molecule has 1 aromatic carbocycles. The summed E-state index contributed by atoms with van der Waals surface area (Å²) in [4.78, 5) is 4.91. The minimum absolute atomic E-state index is 0.179. The van der Waals surface area contributed by atoms with Gasteiger partial charge in [-0.1, -0.05) is 6.07 Å². The molecule has 21 heavy (non-hydrogen) atoms. The molecule has 0 amide bonds. The first-order chi connectivity index (χ1) is 10.3. The lowest BCUT2D eigenvalue weighted by Crippen LogP contribution is -2.38. The van der Waals surface area contributed by atoms with E-state index >= 15 is 0 Å². The first kappa shape index (κ1) is 15.1. The molecule has 0 spiro atoms. The summed E-state index contributed by atoms with van der Waals surface area (Å²) in [6, 6.07) is 5.29. The lowest BCUT2D eigenvalue weighted by molar-refractivity contribution is 0.249. The Bertz CT molecular complexity index is 466. The van der Waals surface area contributed by atoms with Crippen LogP contribution in [0.2, 0.25) is 0 Å². The number of alkyl halides is 1. The molecule has 0 radical (unpaired) electrons. The zero-order chi connectivity index (χ0) is 14.7. The van der Waals surface area contributed by atoms with E-state index in [0.717, 1.165) is 24.7 Å². The van der Waals surface area contributed by atoms with Gasteiger partial charge in [0.2, 0.25) is 0 Å². The topological polar surface area (TPSA) is 6.48 Å². The Morgan fingerprint density at radius 1 is 1.10 bits per heavy atom. The highest BCUT2D eigenvalue weighted by atomic mass is 35.5. The average Bonchev–Trinajstić information content (AvgIpc) is 3.01. The molecular formula is C17H24ClFN2. The maximum Gasteiger partial charge on any atom is 0.129 e. The largest absolute Gasteiger partial charge is 0.371 e. The summed E-state index contributed by atoms with van der Waals surface area (Å²) in [6.07, 6.45) is 5.13. The lowest BCUT2D eigenvalue weighted by atomic mass is 9.95. The predicted molar refractivity (Wildman–Crippen MR) is 86.6 cm³/mol. The van der Waals surface area contributed by atoms with E-state index in [1.54, 1.807) is 6.07 Å². The number of hydrogen-bond donors (Lipinski definition) is 0. The van der Waals surface area contributed by atoms with Crippen LogP contribution in [0.15, 0.2) is 18.2 Å². The molecule has 3 rings (SSSR count). The van der Waals surface area contributed by atoms with Crippen molar-refractivity contribution in [3.63, 3.8) is 0 Å². The van der Waals surface area contributed by atoms with Crippen molar-refractivity contribution in [1.82, 2.24) is 4.90 Å². The van der Waals surface area contributed by atoms with Crippen LogP contribution in [-0.4, -0.2) is 37.6 Å². The van der Waals surface area contributed by atoms with E-state index < -0.39 is 0 Å². The van der Waals surface area contributed by atoms with Crippen molar-refractivity contribution in [1.29, 1.82) is 0 Å². The van der Waals surface area contributed by atoms with Gasteiger partial charge in [0.05, 0.1) is 5.88 Å². The first-order valence-electron chi connectivity index (χ1n) is 8.08. The Morgan fingerprint density at radius 3 is 2.48 bits per heavy atom. The molecular weight excluding hydrogens is 287 g/mol. The second kappa shape index (κ2) is 6.97. The molecule has 116 valence electrons. The van der Waals surface area contributed by atoms with Crippen molar-refractivity contribution in [2.75, 3.05) is 37.6 Å². The Kier molecular flexibility index (Phi) is 5.02. The molecule has 2 aliphatic heterocycles. The zero-order valence-electron chi connectivity index (χ0n) is 12.5. The maximum atomic E-state index is 13.8. The second-order valence-corrected chi connectivity index (χ2v) is 6.58. The number of hydrogen-bond acceptors (Lipinski definition) is 2. The molecule has 2 heterocycles. The molecule has 2 aliphatic rings. The molecule has 0 bridgehead atoms. The van der Waals surface area contributed by atoms with E-state index in [0.29, 0.717) is 5.56 Å². The van der Waals surface area contributed by atoms with E-state index in [-0.39, 0.29) is 11.7 Å². The summed E-state index contributed by atoms with van der Waals surface area (Å²) >= 11 is 5.93. The molecule has 0 unspecified atom stereocenters. The van der Waals surface area contributed by atoms with Crippen LogP contribution >= 0.6 is 11.6 Å². The average molecular weight is 311 g/mol. The van der Waals surface area contributed by atoms with E-state index in [2.05, 4.69) is 9.80 Å². The lowest BCUT2D eigenvalue weighted by Gasteiger charge is -2.36. The predicted octanol–water partition coefficient (Wildman–Crippen LogP) is 3.88. The second-order valence-electron chi connectivity index (χ2n) is 6.31. The molecule has 2 fully saturated rings.